The quantitative estimate of drug-likeness (QED) is 0.292. The molecule has 5 aromatic rings. The third-order valence-electron chi connectivity index (χ3n) is 5.13. The molecule has 5 rings (SSSR count). The molecule has 7 nitrogen and oxygen atoms in total. The highest BCUT2D eigenvalue weighted by Gasteiger charge is 2.22. The number of esters is 1. The molecule has 0 aliphatic carbocycles. The molecule has 3 aromatic heterocycles. The molecule has 3 heterocycles. The van der Waals surface area contributed by atoms with Gasteiger partial charge in [0, 0.05) is 10.9 Å². The van der Waals surface area contributed by atoms with E-state index in [9.17, 15) is 4.79 Å². The zero-order valence-corrected chi connectivity index (χ0v) is 18.7. The van der Waals surface area contributed by atoms with Gasteiger partial charge < -0.3 is 13.9 Å². The number of rotatable bonds is 6. The molecular formula is C25H19N3O4S. The second-order valence-electron chi connectivity index (χ2n) is 7.27. The fourth-order valence-electron chi connectivity index (χ4n) is 3.43. The zero-order valence-electron chi connectivity index (χ0n) is 17.9. The number of nitrogens with zero attached hydrogens (tertiary/aromatic N) is 3. The van der Waals surface area contributed by atoms with Crippen molar-refractivity contribution in [3.63, 3.8) is 0 Å². The Bertz CT molecular complexity index is 1410. The predicted molar refractivity (Wildman–Crippen MR) is 125 cm³/mol. The summed E-state index contributed by atoms with van der Waals surface area (Å²) in [5.41, 5.74) is 2.63. The highest BCUT2D eigenvalue weighted by Crippen LogP contribution is 2.29. The van der Waals surface area contributed by atoms with Crippen LogP contribution in [0.4, 0.5) is 0 Å². The molecule has 2 aromatic carbocycles. The molecule has 33 heavy (non-hydrogen) atoms. The van der Waals surface area contributed by atoms with Crippen molar-refractivity contribution in [3.05, 3.63) is 83.6 Å². The first-order valence-corrected chi connectivity index (χ1v) is 11.1. The summed E-state index contributed by atoms with van der Waals surface area (Å²) < 4.78 is 16.7. The lowest BCUT2D eigenvalue weighted by Crippen LogP contribution is -2.11. The van der Waals surface area contributed by atoms with Crippen molar-refractivity contribution in [2.24, 2.45) is 0 Å². The Morgan fingerprint density at radius 2 is 1.85 bits per heavy atom. The van der Waals surface area contributed by atoms with Crippen molar-refractivity contribution >= 4 is 28.2 Å². The largest absolute Gasteiger partial charge is 0.497 e. The first kappa shape index (κ1) is 20.8. The minimum atomic E-state index is -0.713. The number of benzene rings is 2. The van der Waals surface area contributed by atoms with E-state index in [1.165, 1.54) is 11.3 Å². The van der Waals surface area contributed by atoms with Crippen LogP contribution < -0.4 is 4.74 Å². The van der Waals surface area contributed by atoms with E-state index in [1.807, 2.05) is 66.0 Å². The van der Waals surface area contributed by atoms with Crippen molar-refractivity contribution in [2.45, 2.75) is 13.0 Å². The van der Waals surface area contributed by atoms with E-state index < -0.39 is 12.1 Å². The molecular weight excluding hydrogens is 438 g/mol. The Labute approximate surface area is 193 Å². The molecule has 0 aliphatic heterocycles. The number of fused-ring (bicyclic) bond motifs is 1. The van der Waals surface area contributed by atoms with E-state index in [0.29, 0.717) is 28.1 Å². The van der Waals surface area contributed by atoms with Crippen LogP contribution in [0, 0.1) is 0 Å². The summed E-state index contributed by atoms with van der Waals surface area (Å²) >= 11 is 1.50. The molecule has 1 unspecified atom stereocenters. The van der Waals surface area contributed by atoms with Gasteiger partial charge in [-0.1, -0.05) is 24.3 Å². The van der Waals surface area contributed by atoms with Crippen LogP contribution in [0.2, 0.25) is 0 Å². The van der Waals surface area contributed by atoms with Crippen molar-refractivity contribution in [3.8, 4) is 27.8 Å². The number of carbonyl (C=O) groups excluding carboxylic acids is 1. The van der Waals surface area contributed by atoms with Gasteiger partial charge in [-0.3, -0.25) is 0 Å². The molecule has 8 heteroatoms. The molecule has 0 aliphatic rings. The third kappa shape index (κ3) is 4.20. The first-order chi connectivity index (χ1) is 16.1. The van der Waals surface area contributed by atoms with E-state index in [4.69, 9.17) is 18.9 Å². The van der Waals surface area contributed by atoms with Crippen LogP contribution in [-0.4, -0.2) is 28.3 Å². The van der Waals surface area contributed by atoms with Crippen LogP contribution in [0.3, 0.4) is 0 Å². The maximum Gasteiger partial charge on any atom is 0.339 e. The Morgan fingerprint density at radius 1 is 1.03 bits per heavy atom. The second kappa shape index (κ2) is 8.84. The average molecular weight is 458 g/mol. The van der Waals surface area contributed by atoms with E-state index in [1.54, 1.807) is 20.1 Å². The van der Waals surface area contributed by atoms with Crippen LogP contribution in [-0.2, 0) is 4.74 Å². The summed E-state index contributed by atoms with van der Waals surface area (Å²) in [5.74, 6) is 0.890. The molecule has 0 saturated heterocycles. The van der Waals surface area contributed by atoms with Crippen LogP contribution in [0.5, 0.6) is 5.75 Å². The molecule has 0 bridgehead atoms. The van der Waals surface area contributed by atoms with E-state index in [2.05, 4.69) is 10.2 Å². The van der Waals surface area contributed by atoms with Crippen LogP contribution >= 0.6 is 11.3 Å². The van der Waals surface area contributed by atoms with Crippen LogP contribution in [0.15, 0.2) is 76.5 Å². The smallest absolute Gasteiger partial charge is 0.339 e. The highest BCUT2D eigenvalue weighted by molar-refractivity contribution is 7.13. The Morgan fingerprint density at radius 3 is 2.61 bits per heavy atom. The summed E-state index contributed by atoms with van der Waals surface area (Å²) in [6.45, 7) is 1.71. The average Bonchev–Trinajstić information content (AvgIpc) is 3.55. The number of carbonyl (C=O) groups is 1. The van der Waals surface area contributed by atoms with Gasteiger partial charge in [0.1, 0.15) is 5.75 Å². The molecule has 1 atom stereocenters. The monoisotopic (exact) mass is 457 g/mol. The molecule has 0 radical (unpaired) electrons. The molecule has 0 N–H and O–H groups in total. The lowest BCUT2D eigenvalue weighted by molar-refractivity contribution is 0.0282. The van der Waals surface area contributed by atoms with Crippen LogP contribution in [0.1, 0.15) is 29.3 Å². The minimum Gasteiger partial charge on any atom is -0.497 e. The van der Waals surface area contributed by atoms with Gasteiger partial charge in [0.2, 0.25) is 0 Å². The summed E-state index contributed by atoms with van der Waals surface area (Å²) in [7, 11) is 1.62. The third-order valence-corrected chi connectivity index (χ3v) is 5.98. The van der Waals surface area contributed by atoms with Gasteiger partial charge in [-0.05, 0) is 54.8 Å². The number of methoxy groups -OCH3 is 1. The molecule has 164 valence electrons. The van der Waals surface area contributed by atoms with Gasteiger partial charge in [0.25, 0.3) is 11.8 Å². The standard InChI is InChI=1S/C25H19N3O4S/c1-15(23-27-28-24(32-23)22-8-5-13-33-22)31-25(29)19-14-21(16-9-11-17(30-2)12-10-16)26-20-7-4-3-6-18(19)20/h3-15H,1-2H3. The number of aromatic nitrogens is 3. The summed E-state index contributed by atoms with van der Waals surface area (Å²) in [6, 6.07) is 20.5. The minimum absolute atomic E-state index is 0.237. The predicted octanol–water partition coefficient (Wildman–Crippen LogP) is 5.94. The summed E-state index contributed by atoms with van der Waals surface area (Å²) in [5, 5.41) is 10.7. The summed E-state index contributed by atoms with van der Waals surface area (Å²) in [6.07, 6.45) is -0.713. The second-order valence-corrected chi connectivity index (χ2v) is 8.22. The van der Waals surface area contributed by atoms with Crippen molar-refractivity contribution < 1.29 is 18.7 Å². The fraction of sp³-hybridized carbons (Fsp3) is 0.120. The number of thiophene rings is 1. The lowest BCUT2D eigenvalue weighted by Gasteiger charge is -2.13. The fourth-order valence-corrected chi connectivity index (χ4v) is 4.07. The molecule has 0 saturated carbocycles. The maximum atomic E-state index is 13.2. The highest BCUT2D eigenvalue weighted by atomic mass is 32.1. The SMILES string of the molecule is COc1ccc(-c2cc(C(=O)OC(C)c3nnc(-c4cccs4)o3)c3ccccc3n2)cc1. The summed E-state index contributed by atoms with van der Waals surface area (Å²) in [4.78, 5) is 18.8. The van der Waals surface area contributed by atoms with Gasteiger partial charge in [0.05, 0.1) is 28.8 Å². The maximum absolute atomic E-state index is 13.2. The Kier molecular flexibility index (Phi) is 5.58. The van der Waals surface area contributed by atoms with Gasteiger partial charge in [-0.2, -0.15) is 0 Å². The number of para-hydroxylation sites is 1. The Hall–Kier alpha value is -4.04. The number of pyridine rings is 1. The van der Waals surface area contributed by atoms with E-state index in [-0.39, 0.29) is 5.89 Å². The first-order valence-electron chi connectivity index (χ1n) is 10.2. The lowest BCUT2D eigenvalue weighted by atomic mass is 10.0. The van der Waals surface area contributed by atoms with Gasteiger partial charge in [-0.25, -0.2) is 9.78 Å². The molecule has 0 fully saturated rings. The topological polar surface area (TPSA) is 87.3 Å². The zero-order chi connectivity index (χ0) is 22.8. The number of hydrogen-bond donors (Lipinski definition) is 0. The van der Waals surface area contributed by atoms with Crippen molar-refractivity contribution in [1.82, 2.24) is 15.2 Å². The van der Waals surface area contributed by atoms with Gasteiger partial charge in [-0.15, -0.1) is 21.5 Å². The number of hydrogen-bond acceptors (Lipinski definition) is 8. The van der Waals surface area contributed by atoms with Crippen LogP contribution in [0.25, 0.3) is 32.9 Å². The Balaban J connectivity index is 1.46. The van der Waals surface area contributed by atoms with Crippen molar-refractivity contribution in [2.75, 3.05) is 7.11 Å². The number of ether oxygens (including phenoxy) is 2. The van der Waals surface area contributed by atoms with Gasteiger partial charge >= 0.3 is 5.97 Å². The molecule has 0 amide bonds. The van der Waals surface area contributed by atoms with Gasteiger partial charge in [0.15, 0.2) is 6.10 Å². The van der Waals surface area contributed by atoms with Crippen molar-refractivity contribution in [1.29, 1.82) is 0 Å². The van der Waals surface area contributed by atoms with E-state index in [0.717, 1.165) is 16.2 Å². The van der Waals surface area contributed by atoms with E-state index >= 15 is 0 Å². The molecule has 0 spiro atoms. The normalized spacial score (nSPS) is 11.9.